The van der Waals surface area contributed by atoms with Crippen molar-refractivity contribution in [3.8, 4) is 0 Å². The zero-order chi connectivity index (χ0) is 8.27. The van der Waals surface area contributed by atoms with E-state index in [4.69, 9.17) is 5.73 Å². The first-order valence-corrected chi connectivity index (χ1v) is 3.74. The fourth-order valence-electron chi connectivity index (χ4n) is 1.05. The predicted molar refractivity (Wildman–Crippen MR) is 45.1 cm³/mol. The standard InChI is InChI=1S/C7H14N4/c1-3-11-5-6(8)10-7(11)4-9-2/h5,9H,3-4,8H2,1-2H3. The molecule has 1 aromatic rings. The fourth-order valence-corrected chi connectivity index (χ4v) is 1.05. The molecule has 1 rings (SSSR count). The average Bonchev–Trinajstić information content (AvgIpc) is 2.32. The van der Waals surface area contributed by atoms with Crippen LogP contribution in [-0.2, 0) is 13.1 Å². The van der Waals surface area contributed by atoms with Crippen LogP contribution in [0.3, 0.4) is 0 Å². The van der Waals surface area contributed by atoms with Crippen molar-refractivity contribution in [3.05, 3.63) is 12.0 Å². The molecule has 0 radical (unpaired) electrons. The molecule has 4 nitrogen and oxygen atoms in total. The summed E-state index contributed by atoms with van der Waals surface area (Å²) in [6, 6.07) is 0. The van der Waals surface area contributed by atoms with Gasteiger partial charge in [0.05, 0.1) is 6.54 Å². The number of aromatic nitrogens is 2. The first-order valence-electron chi connectivity index (χ1n) is 3.74. The number of aryl methyl sites for hydroxylation is 1. The minimum absolute atomic E-state index is 0.595. The molecule has 0 saturated heterocycles. The van der Waals surface area contributed by atoms with Crippen molar-refractivity contribution in [1.29, 1.82) is 0 Å². The molecule has 0 aliphatic heterocycles. The van der Waals surface area contributed by atoms with Crippen LogP contribution in [0.4, 0.5) is 5.82 Å². The molecule has 0 amide bonds. The summed E-state index contributed by atoms with van der Waals surface area (Å²) in [5.41, 5.74) is 5.53. The highest BCUT2D eigenvalue weighted by molar-refractivity contribution is 5.25. The molecule has 0 aromatic carbocycles. The molecule has 0 spiro atoms. The molecule has 0 bridgehead atoms. The molecule has 0 atom stereocenters. The van der Waals surface area contributed by atoms with Gasteiger partial charge in [0.1, 0.15) is 11.6 Å². The van der Waals surface area contributed by atoms with Crippen LogP contribution < -0.4 is 11.1 Å². The number of hydrogen-bond donors (Lipinski definition) is 2. The van der Waals surface area contributed by atoms with E-state index >= 15 is 0 Å². The Bertz CT molecular complexity index is 228. The second-order valence-electron chi connectivity index (χ2n) is 2.40. The van der Waals surface area contributed by atoms with Gasteiger partial charge in [-0.3, -0.25) is 0 Å². The van der Waals surface area contributed by atoms with Crippen LogP contribution in [0.5, 0.6) is 0 Å². The second-order valence-corrected chi connectivity index (χ2v) is 2.40. The number of nitrogens with zero attached hydrogens (tertiary/aromatic N) is 2. The number of nitrogen functional groups attached to an aromatic ring is 1. The third kappa shape index (κ3) is 1.71. The Morgan fingerprint density at radius 1 is 1.73 bits per heavy atom. The Kier molecular flexibility index (Phi) is 2.48. The molecule has 4 heteroatoms. The molecule has 11 heavy (non-hydrogen) atoms. The summed E-state index contributed by atoms with van der Waals surface area (Å²) in [7, 11) is 1.89. The molecule has 0 unspecified atom stereocenters. The summed E-state index contributed by atoms with van der Waals surface area (Å²) < 4.78 is 2.03. The summed E-state index contributed by atoms with van der Waals surface area (Å²) >= 11 is 0. The lowest BCUT2D eigenvalue weighted by atomic mass is 10.5. The Balaban J connectivity index is 2.83. The van der Waals surface area contributed by atoms with Crippen molar-refractivity contribution in [2.24, 2.45) is 0 Å². The van der Waals surface area contributed by atoms with E-state index in [-0.39, 0.29) is 0 Å². The third-order valence-corrected chi connectivity index (χ3v) is 1.55. The van der Waals surface area contributed by atoms with Gasteiger partial charge in [0, 0.05) is 12.7 Å². The molecule has 3 N–H and O–H groups in total. The Labute approximate surface area is 66.4 Å². The van der Waals surface area contributed by atoms with E-state index in [1.165, 1.54) is 0 Å². The van der Waals surface area contributed by atoms with Crippen molar-refractivity contribution in [2.75, 3.05) is 12.8 Å². The molecule has 1 heterocycles. The van der Waals surface area contributed by atoms with Crippen molar-refractivity contribution < 1.29 is 0 Å². The lowest BCUT2D eigenvalue weighted by Crippen LogP contribution is -2.11. The molecular weight excluding hydrogens is 140 g/mol. The summed E-state index contributed by atoms with van der Waals surface area (Å²) in [5, 5.41) is 3.03. The molecule has 1 aromatic heterocycles. The van der Waals surface area contributed by atoms with Crippen LogP contribution in [0.25, 0.3) is 0 Å². The number of anilines is 1. The molecular formula is C7H14N4. The topological polar surface area (TPSA) is 55.9 Å². The lowest BCUT2D eigenvalue weighted by Gasteiger charge is -2.01. The van der Waals surface area contributed by atoms with Gasteiger partial charge in [-0.15, -0.1) is 0 Å². The highest BCUT2D eigenvalue weighted by atomic mass is 15.1. The summed E-state index contributed by atoms with van der Waals surface area (Å²) in [4.78, 5) is 4.15. The maximum Gasteiger partial charge on any atom is 0.141 e. The Morgan fingerprint density at radius 3 is 3.00 bits per heavy atom. The van der Waals surface area contributed by atoms with E-state index in [2.05, 4.69) is 17.2 Å². The molecule has 62 valence electrons. The van der Waals surface area contributed by atoms with Crippen LogP contribution in [0.1, 0.15) is 12.7 Å². The zero-order valence-electron chi connectivity index (χ0n) is 6.96. The van der Waals surface area contributed by atoms with E-state index in [1.54, 1.807) is 0 Å². The lowest BCUT2D eigenvalue weighted by molar-refractivity contribution is 0.657. The second kappa shape index (κ2) is 3.39. The van der Waals surface area contributed by atoms with Gasteiger partial charge in [0.2, 0.25) is 0 Å². The summed E-state index contributed by atoms with van der Waals surface area (Å²) in [6.07, 6.45) is 1.85. The van der Waals surface area contributed by atoms with E-state index < -0.39 is 0 Å². The molecule has 0 saturated carbocycles. The maximum atomic E-state index is 5.53. The third-order valence-electron chi connectivity index (χ3n) is 1.55. The molecule has 0 aliphatic rings. The highest BCUT2D eigenvalue weighted by Gasteiger charge is 2.01. The van der Waals surface area contributed by atoms with E-state index in [0.29, 0.717) is 5.82 Å². The van der Waals surface area contributed by atoms with Crippen molar-refractivity contribution in [1.82, 2.24) is 14.9 Å². The van der Waals surface area contributed by atoms with Gasteiger partial charge in [-0.25, -0.2) is 4.98 Å². The monoisotopic (exact) mass is 154 g/mol. The van der Waals surface area contributed by atoms with Gasteiger partial charge in [-0.2, -0.15) is 0 Å². The molecule has 0 fully saturated rings. The summed E-state index contributed by atoms with van der Waals surface area (Å²) in [5.74, 6) is 1.59. The number of hydrogen-bond acceptors (Lipinski definition) is 3. The average molecular weight is 154 g/mol. The highest BCUT2D eigenvalue weighted by Crippen LogP contribution is 2.03. The first kappa shape index (κ1) is 8.07. The predicted octanol–water partition coefficient (Wildman–Crippen LogP) is 0.205. The van der Waals surface area contributed by atoms with Crippen molar-refractivity contribution in [3.63, 3.8) is 0 Å². The smallest absolute Gasteiger partial charge is 0.141 e. The van der Waals surface area contributed by atoms with Gasteiger partial charge in [0.25, 0.3) is 0 Å². The van der Waals surface area contributed by atoms with Crippen LogP contribution >= 0.6 is 0 Å². The normalized spacial score (nSPS) is 10.4. The van der Waals surface area contributed by atoms with E-state index in [9.17, 15) is 0 Å². The van der Waals surface area contributed by atoms with Crippen LogP contribution in [0.15, 0.2) is 6.20 Å². The molecule has 0 aliphatic carbocycles. The van der Waals surface area contributed by atoms with Gasteiger partial charge in [0.15, 0.2) is 0 Å². The number of nitrogens with one attached hydrogen (secondary N) is 1. The van der Waals surface area contributed by atoms with Crippen molar-refractivity contribution >= 4 is 5.82 Å². The van der Waals surface area contributed by atoms with Crippen LogP contribution in [0, 0.1) is 0 Å². The number of imidazole rings is 1. The van der Waals surface area contributed by atoms with Crippen LogP contribution in [-0.4, -0.2) is 16.6 Å². The minimum Gasteiger partial charge on any atom is -0.382 e. The Morgan fingerprint density at radius 2 is 2.45 bits per heavy atom. The largest absolute Gasteiger partial charge is 0.382 e. The number of nitrogens with two attached hydrogens (primary N) is 1. The van der Waals surface area contributed by atoms with Gasteiger partial charge in [-0.1, -0.05) is 0 Å². The van der Waals surface area contributed by atoms with E-state index in [1.807, 2.05) is 17.8 Å². The SMILES string of the molecule is CCn1cc(N)nc1CNC. The summed E-state index contributed by atoms with van der Waals surface area (Å²) in [6.45, 7) is 3.76. The first-order chi connectivity index (χ1) is 5.27. The maximum absolute atomic E-state index is 5.53. The zero-order valence-corrected chi connectivity index (χ0v) is 6.96. The van der Waals surface area contributed by atoms with Crippen LogP contribution in [0.2, 0.25) is 0 Å². The van der Waals surface area contributed by atoms with Crippen molar-refractivity contribution in [2.45, 2.75) is 20.0 Å². The minimum atomic E-state index is 0.595. The fraction of sp³-hybridized carbons (Fsp3) is 0.571. The van der Waals surface area contributed by atoms with Gasteiger partial charge < -0.3 is 15.6 Å². The quantitative estimate of drug-likeness (QED) is 0.654. The van der Waals surface area contributed by atoms with Gasteiger partial charge >= 0.3 is 0 Å². The number of rotatable bonds is 3. The van der Waals surface area contributed by atoms with E-state index in [0.717, 1.165) is 18.9 Å². The Hall–Kier alpha value is -1.03. The van der Waals surface area contributed by atoms with Gasteiger partial charge in [-0.05, 0) is 14.0 Å².